The van der Waals surface area contributed by atoms with Crippen molar-refractivity contribution in [1.82, 2.24) is 15.1 Å². The lowest BCUT2D eigenvalue weighted by molar-refractivity contribution is -0.161. The first-order valence-electron chi connectivity index (χ1n) is 11.3. The summed E-state index contributed by atoms with van der Waals surface area (Å²) in [4.78, 5) is 30.9. The molecule has 1 N–H and O–H groups in total. The van der Waals surface area contributed by atoms with Crippen molar-refractivity contribution in [2.75, 3.05) is 19.6 Å². The van der Waals surface area contributed by atoms with Crippen LogP contribution in [0, 0.1) is 12.8 Å². The van der Waals surface area contributed by atoms with Crippen LogP contribution in [0.4, 0.5) is 0 Å². The van der Waals surface area contributed by atoms with Crippen LogP contribution in [0.3, 0.4) is 0 Å². The zero-order chi connectivity index (χ0) is 21.0. The summed E-state index contributed by atoms with van der Waals surface area (Å²) in [6.07, 6.45) is 4.12. The van der Waals surface area contributed by atoms with Crippen molar-refractivity contribution in [3.05, 3.63) is 35.4 Å². The Morgan fingerprint density at radius 3 is 2.38 bits per heavy atom. The van der Waals surface area contributed by atoms with Gasteiger partial charge in [-0.05, 0) is 44.1 Å². The van der Waals surface area contributed by atoms with Crippen molar-refractivity contribution in [1.29, 1.82) is 0 Å². The van der Waals surface area contributed by atoms with Crippen LogP contribution in [-0.4, -0.2) is 52.8 Å². The van der Waals surface area contributed by atoms with Gasteiger partial charge in [0, 0.05) is 26.2 Å². The number of carbonyl (C=O) groups is 2. The number of aryl methyl sites for hydroxylation is 1. The van der Waals surface area contributed by atoms with Crippen molar-refractivity contribution < 1.29 is 9.59 Å². The van der Waals surface area contributed by atoms with E-state index in [1.54, 1.807) is 0 Å². The van der Waals surface area contributed by atoms with Crippen LogP contribution >= 0.6 is 0 Å². The molecule has 2 amide bonds. The van der Waals surface area contributed by atoms with Crippen LogP contribution in [0.5, 0.6) is 0 Å². The Morgan fingerprint density at radius 1 is 1.14 bits per heavy atom. The first kappa shape index (κ1) is 21.8. The molecule has 1 spiro atoms. The van der Waals surface area contributed by atoms with Crippen molar-refractivity contribution >= 4 is 11.8 Å². The number of piperidine rings is 1. The number of likely N-dealkylation sites (tertiary alicyclic amines) is 1. The lowest BCUT2D eigenvalue weighted by Gasteiger charge is -2.52. The van der Waals surface area contributed by atoms with Crippen LogP contribution in [0.2, 0.25) is 0 Å². The molecule has 2 fully saturated rings. The molecule has 0 aromatic heterocycles. The lowest BCUT2D eigenvalue weighted by Crippen LogP contribution is -2.73. The van der Waals surface area contributed by atoms with Gasteiger partial charge in [-0.15, -0.1) is 0 Å². The fourth-order valence-electron chi connectivity index (χ4n) is 4.68. The van der Waals surface area contributed by atoms with E-state index in [0.29, 0.717) is 31.7 Å². The highest BCUT2D eigenvalue weighted by Crippen LogP contribution is 2.34. The minimum atomic E-state index is -0.663. The minimum Gasteiger partial charge on any atom is -0.342 e. The molecule has 0 aliphatic carbocycles. The SMILES string of the molecule is CCCCN1C(=O)C(CC(C)C)NC(=O)C12CCN(Cc1ccc(C)cc1)CC2. The average molecular weight is 400 g/mol. The fraction of sp³-hybridized carbons (Fsp3) is 0.667. The number of carbonyl (C=O) groups excluding carboxylic acids is 2. The Morgan fingerprint density at radius 2 is 1.79 bits per heavy atom. The second-order valence-corrected chi connectivity index (χ2v) is 9.29. The van der Waals surface area contributed by atoms with Crippen molar-refractivity contribution in [3.63, 3.8) is 0 Å². The van der Waals surface area contributed by atoms with E-state index in [0.717, 1.165) is 32.5 Å². The van der Waals surface area contributed by atoms with Crippen molar-refractivity contribution in [2.24, 2.45) is 5.92 Å². The van der Waals surface area contributed by atoms with E-state index in [9.17, 15) is 9.59 Å². The van der Waals surface area contributed by atoms with Crippen LogP contribution in [0.15, 0.2) is 24.3 Å². The van der Waals surface area contributed by atoms with E-state index in [2.05, 4.69) is 62.2 Å². The van der Waals surface area contributed by atoms with Gasteiger partial charge in [-0.2, -0.15) is 0 Å². The zero-order valence-electron chi connectivity index (χ0n) is 18.5. The first-order valence-corrected chi connectivity index (χ1v) is 11.3. The van der Waals surface area contributed by atoms with E-state index in [1.165, 1.54) is 11.1 Å². The maximum atomic E-state index is 13.3. The molecule has 2 heterocycles. The van der Waals surface area contributed by atoms with Crippen molar-refractivity contribution in [2.45, 2.75) is 77.9 Å². The number of rotatable bonds is 7. The Bertz CT molecular complexity index is 705. The molecule has 2 aliphatic heterocycles. The third-order valence-corrected chi connectivity index (χ3v) is 6.46. The number of piperazine rings is 1. The maximum absolute atomic E-state index is 13.3. The van der Waals surface area contributed by atoms with Gasteiger partial charge in [0.2, 0.25) is 11.8 Å². The first-order chi connectivity index (χ1) is 13.9. The summed E-state index contributed by atoms with van der Waals surface area (Å²) in [6, 6.07) is 8.29. The average Bonchev–Trinajstić information content (AvgIpc) is 2.69. The fourth-order valence-corrected chi connectivity index (χ4v) is 4.68. The monoisotopic (exact) mass is 399 g/mol. The molecule has 1 unspecified atom stereocenters. The number of unbranched alkanes of at least 4 members (excludes halogenated alkanes) is 1. The highest BCUT2D eigenvalue weighted by molar-refractivity contribution is 6.00. The van der Waals surface area contributed by atoms with Crippen LogP contribution in [-0.2, 0) is 16.1 Å². The molecule has 0 saturated carbocycles. The summed E-state index contributed by atoms with van der Waals surface area (Å²) in [5.74, 6) is 0.565. The molecule has 160 valence electrons. The van der Waals surface area contributed by atoms with Gasteiger partial charge in [0.1, 0.15) is 11.6 Å². The number of hydrogen-bond acceptors (Lipinski definition) is 3. The molecule has 1 aromatic rings. The molecule has 0 radical (unpaired) electrons. The Kier molecular flexibility index (Phi) is 6.99. The van der Waals surface area contributed by atoms with E-state index in [1.807, 2.05) is 4.90 Å². The third kappa shape index (κ3) is 4.82. The standard InChI is InChI=1S/C24H37N3O2/c1-5-6-13-27-22(28)21(16-18(2)3)25-23(29)24(27)11-14-26(15-12-24)17-20-9-7-19(4)8-10-20/h7-10,18,21H,5-6,11-17H2,1-4H3,(H,25,29). The molecule has 1 atom stereocenters. The molecule has 3 rings (SSSR count). The van der Waals surface area contributed by atoms with Gasteiger partial charge in [0.05, 0.1) is 0 Å². The summed E-state index contributed by atoms with van der Waals surface area (Å²) in [6.45, 7) is 11.7. The Balaban J connectivity index is 1.72. The van der Waals surface area contributed by atoms with Crippen LogP contribution in [0.1, 0.15) is 64.0 Å². The van der Waals surface area contributed by atoms with E-state index < -0.39 is 5.54 Å². The van der Waals surface area contributed by atoms with Crippen LogP contribution < -0.4 is 5.32 Å². The molecule has 1 aromatic carbocycles. The molecule has 2 saturated heterocycles. The van der Waals surface area contributed by atoms with Gasteiger partial charge in [0.25, 0.3) is 0 Å². The maximum Gasteiger partial charge on any atom is 0.246 e. The number of nitrogens with zero attached hydrogens (tertiary/aromatic N) is 2. The molecular weight excluding hydrogens is 362 g/mol. The molecule has 0 bridgehead atoms. The van der Waals surface area contributed by atoms with Gasteiger partial charge < -0.3 is 10.2 Å². The lowest BCUT2D eigenvalue weighted by atomic mass is 9.80. The topological polar surface area (TPSA) is 52.7 Å². The summed E-state index contributed by atoms with van der Waals surface area (Å²) < 4.78 is 0. The third-order valence-electron chi connectivity index (χ3n) is 6.46. The molecule has 5 heteroatoms. The number of benzene rings is 1. The predicted octanol–water partition coefficient (Wildman–Crippen LogP) is 3.50. The smallest absolute Gasteiger partial charge is 0.246 e. The predicted molar refractivity (Wildman–Crippen MR) is 116 cm³/mol. The highest BCUT2D eigenvalue weighted by Gasteiger charge is 2.53. The molecule has 2 aliphatic rings. The van der Waals surface area contributed by atoms with E-state index in [4.69, 9.17) is 0 Å². The van der Waals surface area contributed by atoms with Crippen molar-refractivity contribution in [3.8, 4) is 0 Å². The van der Waals surface area contributed by atoms with Gasteiger partial charge >= 0.3 is 0 Å². The molecule has 5 nitrogen and oxygen atoms in total. The number of amides is 2. The largest absolute Gasteiger partial charge is 0.342 e. The summed E-state index contributed by atoms with van der Waals surface area (Å²) >= 11 is 0. The number of nitrogens with one attached hydrogen (secondary N) is 1. The van der Waals surface area contributed by atoms with Gasteiger partial charge in [-0.1, -0.05) is 57.0 Å². The Labute approximate surface area is 175 Å². The van der Waals surface area contributed by atoms with Gasteiger partial charge in [0.15, 0.2) is 0 Å². The van der Waals surface area contributed by atoms with E-state index in [-0.39, 0.29) is 17.9 Å². The van der Waals surface area contributed by atoms with Crippen LogP contribution in [0.25, 0.3) is 0 Å². The van der Waals surface area contributed by atoms with Gasteiger partial charge in [-0.3, -0.25) is 14.5 Å². The summed E-state index contributed by atoms with van der Waals surface area (Å²) in [7, 11) is 0. The number of hydrogen-bond donors (Lipinski definition) is 1. The second kappa shape index (κ2) is 9.29. The summed E-state index contributed by atoms with van der Waals surface area (Å²) in [5, 5.41) is 3.09. The van der Waals surface area contributed by atoms with E-state index >= 15 is 0 Å². The second-order valence-electron chi connectivity index (χ2n) is 9.29. The zero-order valence-corrected chi connectivity index (χ0v) is 18.5. The summed E-state index contributed by atoms with van der Waals surface area (Å²) in [5.41, 5.74) is 1.91. The quantitative estimate of drug-likeness (QED) is 0.763. The Hall–Kier alpha value is -1.88. The molecule has 29 heavy (non-hydrogen) atoms. The normalized spacial score (nSPS) is 22.4. The molecular formula is C24H37N3O2. The minimum absolute atomic E-state index is 0.0637. The highest BCUT2D eigenvalue weighted by atomic mass is 16.2. The van der Waals surface area contributed by atoms with Gasteiger partial charge in [-0.25, -0.2) is 0 Å².